The Balaban J connectivity index is 3.14. The highest BCUT2D eigenvalue weighted by Gasteiger charge is 2.22. The number of rotatable bonds is 6. The maximum atomic E-state index is 12.1. The van der Waals surface area contributed by atoms with E-state index in [1.165, 1.54) is 19.1 Å². The SMILES string of the molecule is CC(O)C(N)CNS(=O)(=O)c1cc(S(C)(=O)=O)ccc1Cl. The second kappa shape index (κ2) is 6.59. The second-order valence-corrected chi connectivity index (χ2v) is 8.78. The fraction of sp³-hybridized carbons (Fsp3) is 0.455. The minimum absolute atomic E-state index is 0.111. The van der Waals surface area contributed by atoms with E-state index in [4.69, 9.17) is 17.3 Å². The largest absolute Gasteiger partial charge is 0.392 e. The Bertz CT molecular complexity index is 716. The minimum atomic E-state index is -4.04. The van der Waals surface area contributed by atoms with E-state index in [2.05, 4.69) is 4.72 Å². The number of halogens is 1. The third kappa shape index (κ3) is 4.90. The Morgan fingerprint density at radius 3 is 2.38 bits per heavy atom. The summed E-state index contributed by atoms with van der Waals surface area (Å²) in [5.74, 6) is 0. The van der Waals surface area contributed by atoms with Crippen molar-refractivity contribution < 1.29 is 21.9 Å². The van der Waals surface area contributed by atoms with Gasteiger partial charge in [0, 0.05) is 18.8 Å². The number of nitrogens with two attached hydrogens (primary N) is 1. The van der Waals surface area contributed by atoms with Gasteiger partial charge in [-0.15, -0.1) is 0 Å². The summed E-state index contributed by atoms with van der Waals surface area (Å²) in [6, 6.07) is 2.60. The molecule has 1 aromatic rings. The lowest BCUT2D eigenvalue weighted by Gasteiger charge is -2.16. The van der Waals surface area contributed by atoms with Gasteiger partial charge in [-0.05, 0) is 25.1 Å². The molecular formula is C11H17ClN2O5S2. The predicted octanol–water partition coefficient (Wildman–Crippen LogP) is -0.270. The molecule has 0 radical (unpaired) electrons. The molecule has 0 amide bonds. The third-order valence-electron chi connectivity index (χ3n) is 2.75. The van der Waals surface area contributed by atoms with Crippen molar-refractivity contribution in [3.8, 4) is 0 Å². The first-order chi connectivity index (χ1) is 9.45. The van der Waals surface area contributed by atoms with E-state index in [-0.39, 0.29) is 21.4 Å². The highest BCUT2D eigenvalue weighted by atomic mass is 35.5. The second-order valence-electron chi connectivity index (χ2n) is 4.62. The van der Waals surface area contributed by atoms with E-state index in [1.54, 1.807) is 0 Å². The van der Waals surface area contributed by atoms with Crippen molar-refractivity contribution in [1.82, 2.24) is 4.72 Å². The van der Waals surface area contributed by atoms with E-state index in [1.807, 2.05) is 0 Å². The molecule has 0 aromatic heterocycles. The predicted molar refractivity (Wildman–Crippen MR) is 79.4 cm³/mol. The molecule has 0 aliphatic carbocycles. The summed E-state index contributed by atoms with van der Waals surface area (Å²) in [5.41, 5.74) is 5.53. The maximum Gasteiger partial charge on any atom is 0.242 e. The molecule has 0 bridgehead atoms. The molecule has 120 valence electrons. The summed E-state index contributed by atoms with van der Waals surface area (Å²) in [6.45, 7) is 1.22. The fourth-order valence-electron chi connectivity index (χ4n) is 1.37. The van der Waals surface area contributed by atoms with Crippen molar-refractivity contribution in [2.75, 3.05) is 12.8 Å². The van der Waals surface area contributed by atoms with Gasteiger partial charge < -0.3 is 10.8 Å². The van der Waals surface area contributed by atoms with Crippen LogP contribution in [0.1, 0.15) is 6.92 Å². The molecule has 2 atom stereocenters. The van der Waals surface area contributed by atoms with E-state index in [9.17, 15) is 21.9 Å². The van der Waals surface area contributed by atoms with E-state index in [0.29, 0.717) is 0 Å². The molecule has 7 nitrogen and oxygen atoms in total. The van der Waals surface area contributed by atoms with Crippen LogP contribution in [0.4, 0.5) is 0 Å². The van der Waals surface area contributed by atoms with Gasteiger partial charge in [0.15, 0.2) is 9.84 Å². The number of sulfone groups is 1. The van der Waals surface area contributed by atoms with Crippen LogP contribution in [0.2, 0.25) is 5.02 Å². The molecule has 2 unspecified atom stereocenters. The van der Waals surface area contributed by atoms with Gasteiger partial charge in [-0.25, -0.2) is 21.6 Å². The van der Waals surface area contributed by atoms with Gasteiger partial charge in [-0.3, -0.25) is 0 Å². The van der Waals surface area contributed by atoms with Gasteiger partial charge in [-0.1, -0.05) is 11.6 Å². The molecule has 21 heavy (non-hydrogen) atoms. The summed E-state index contributed by atoms with van der Waals surface area (Å²) in [5, 5.41) is 9.12. The summed E-state index contributed by atoms with van der Waals surface area (Å²) in [4.78, 5) is -0.517. The molecule has 0 aliphatic rings. The molecule has 1 aromatic carbocycles. The maximum absolute atomic E-state index is 12.1. The van der Waals surface area contributed by atoms with E-state index < -0.39 is 32.0 Å². The van der Waals surface area contributed by atoms with Crippen LogP contribution in [-0.4, -0.2) is 46.9 Å². The van der Waals surface area contributed by atoms with Gasteiger partial charge in [0.1, 0.15) is 4.90 Å². The molecule has 1 rings (SSSR count). The third-order valence-corrected chi connectivity index (χ3v) is 5.76. The first-order valence-electron chi connectivity index (χ1n) is 5.88. The lowest BCUT2D eigenvalue weighted by molar-refractivity contribution is 0.164. The van der Waals surface area contributed by atoms with Crippen LogP contribution in [0, 0.1) is 0 Å². The summed E-state index contributed by atoms with van der Waals surface area (Å²) in [7, 11) is -7.60. The Kier molecular flexibility index (Phi) is 5.76. The van der Waals surface area contributed by atoms with Crippen molar-refractivity contribution in [1.29, 1.82) is 0 Å². The number of aliphatic hydroxyl groups is 1. The lowest BCUT2D eigenvalue weighted by Crippen LogP contribution is -2.43. The van der Waals surface area contributed by atoms with Gasteiger partial charge in [0.05, 0.1) is 16.0 Å². The molecular weight excluding hydrogens is 340 g/mol. The van der Waals surface area contributed by atoms with Gasteiger partial charge in [0.2, 0.25) is 10.0 Å². The van der Waals surface area contributed by atoms with Gasteiger partial charge >= 0.3 is 0 Å². The smallest absolute Gasteiger partial charge is 0.242 e. The normalized spacial score (nSPS) is 15.7. The molecule has 0 fully saturated rings. The molecule has 0 aliphatic heterocycles. The Hall–Kier alpha value is -0.710. The highest BCUT2D eigenvalue weighted by molar-refractivity contribution is 7.91. The zero-order valence-electron chi connectivity index (χ0n) is 11.4. The Labute approximate surface area is 129 Å². The van der Waals surface area contributed by atoms with Crippen molar-refractivity contribution in [3.63, 3.8) is 0 Å². The lowest BCUT2D eigenvalue weighted by atomic mass is 10.2. The molecule has 0 heterocycles. The summed E-state index contributed by atoms with van der Waals surface area (Å²) >= 11 is 5.81. The average Bonchev–Trinajstić information content (AvgIpc) is 2.34. The number of benzene rings is 1. The summed E-state index contributed by atoms with van der Waals surface area (Å²) < 4.78 is 49.4. The van der Waals surface area contributed by atoms with Crippen LogP contribution in [0.15, 0.2) is 28.0 Å². The van der Waals surface area contributed by atoms with E-state index >= 15 is 0 Å². The molecule has 0 saturated carbocycles. The Morgan fingerprint density at radius 2 is 1.90 bits per heavy atom. The molecule has 4 N–H and O–H groups in total. The van der Waals surface area contributed by atoms with Gasteiger partial charge in [-0.2, -0.15) is 0 Å². The first-order valence-corrected chi connectivity index (χ1v) is 9.63. The number of hydrogen-bond acceptors (Lipinski definition) is 6. The van der Waals surface area contributed by atoms with Crippen LogP contribution >= 0.6 is 11.6 Å². The standard InChI is InChI=1S/C11H17ClN2O5S2/c1-7(15)10(13)6-14-21(18,19)11-5-8(20(2,16)17)3-4-9(11)12/h3-5,7,10,14-15H,6,13H2,1-2H3. The quantitative estimate of drug-likeness (QED) is 0.644. The number of aliphatic hydroxyl groups excluding tert-OH is 1. The van der Waals surface area contributed by atoms with Crippen molar-refractivity contribution in [3.05, 3.63) is 23.2 Å². The molecule has 0 saturated heterocycles. The van der Waals surface area contributed by atoms with Gasteiger partial charge in [0.25, 0.3) is 0 Å². The fourth-order valence-corrected chi connectivity index (χ4v) is 3.69. The molecule has 10 heteroatoms. The zero-order valence-corrected chi connectivity index (χ0v) is 13.8. The summed E-state index contributed by atoms with van der Waals surface area (Å²) in [6.07, 6.45) is 0.0641. The van der Waals surface area contributed by atoms with Crippen molar-refractivity contribution in [2.24, 2.45) is 5.73 Å². The van der Waals surface area contributed by atoms with Crippen LogP contribution in [-0.2, 0) is 19.9 Å². The number of hydrogen-bond donors (Lipinski definition) is 3. The monoisotopic (exact) mass is 356 g/mol. The zero-order chi connectivity index (χ0) is 16.4. The van der Waals surface area contributed by atoms with Crippen LogP contribution < -0.4 is 10.5 Å². The van der Waals surface area contributed by atoms with E-state index in [0.717, 1.165) is 12.3 Å². The topological polar surface area (TPSA) is 127 Å². The van der Waals surface area contributed by atoms with Crippen LogP contribution in [0.5, 0.6) is 0 Å². The molecule has 0 spiro atoms. The van der Waals surface area contributed by atoms with Crippen LogP contribution in [0.3, 0.4) is 0 Å². The first kappa shape index (κ1) is 18.3. The number of sulfonamides is 1. The Morgan fingerprint density at radius 1 is 1.33 bits per heavy atom. The minimum Gasteiger partial charge on any atom is -0.392 e. The average molecular weight is 357 g/mol. The van der Waals surface area contributed by atoms with Crippen molar-refractivity contribution >= 4 is 31.5 Å². The van der Waals surface area contributed by atoms with Crippen LogP contribution in [0.25, 0.3) is 0 Å². The van der Waals surface area contributed by atoms with Crippen molar-refractivity contribution in [2.45, 2.75) is 28.9 Å². The highest BCUT2D eigenvalue weighted by Crippen LogP contribution is 2.24. The number of nitrogens with one attached hydrogen (secondary N) is 1.